The number of methoxy groups -OCH3 is 1. The smallest absolute Gasteiger partial charge is 0.137 e. The number of pyridine rings is 1. The number of rotatable bonds is 6. The van der Waals surface area contributed by atoms with E-state index in [1.165, 1.54) is 11.1 Å². The number of nitrogens with zero attached hydrogens (tertiary/aromatic N) is 1. The maximum Gasteiger partial charge on any atom is 0.137 e. The van der Waals surface area contributed by atoms with E-state index in [1.807, 2.05) is 12.3 Å². The molecule has 0 aliphatic heterocycles. The van der Waals surface area contributed by atoms with Gasteiger partial charge in [-0.2, -0.15) is 0 Å². The van der Waals surface area contributed by atoms with Crippen molar-refractivity contribution in [2.45, 2.75) is 26.3 Å². The van der Waals surface area contributed by atoms with E-state index >= 15 is 0 Å². The van der Waals surface area contributed by atoms with Gasteiger partial charge in [-0.3, -0.25) is 4.98 Å². The highest BCUT2D eigenvalue weighted by atomic mass is 16.5. The molecule has 2 rings (SSSR count). The molecule has 0 radical (unpaired) electrons. The molecule has 1 atom stereocenters. The van der Waals surface area contributed by atoms with Gasteiger partial charge in [0.1, 0.15) is 5.75 Å². The summed E-state index contributed by atoms with van der Waals surface area (Å²) in [5, 5.41) is 3.51. The van der Waals surface area contributed by atoms with Gasteiger partial charge in [-0.25, -0.2) is 0 Å². The molecule has 2 aromatic rings. The molecule has 1 unspecified atom stereocenters. The Labute approximate surface area is 121 Å². The second kappa shape index (κ2) is 7.06. The molecule has 1 aromatic carbocycles. The minimum atomic E-state index is 0.401. The van der Waals surface area contributed by atoms with E-state index in [0.717, 1.165) is 24.3 Å². The van der Waals surface area contributed by atoms with E-state index in [2.05, 4.69) is 48.4 Å². The van der Waals surface area contributed by atoms with E-state index in [4.69, 9.17) is 4.74 Å². The third kappa shape index (κ3) is 3.36. The summed E-state index contributed by atoms with van der Waals surface area (Å²) in [4.78, 5) is 4.22. The van der Waals surface area contributed by atoms with Crippen molar-refractivity contribution in [1.82, 2.24) is 10.3 Å². The lowest BCUT2D eigenvalue weighted by Gasteiger charge is -2.17. The number of aromatic nitrogens is 1. The largest absolute Gasteiger partial charge is 0.495 e. The number of hydrogen-bond donors (Lipinski definition) is 1. The molecule has 20 heavy (non-hydrogen) atoms. The molecular formula is C17H22N2O. The third-order valence-electron chi connectivity index (χ3n) is 3.43. The fraction of sp³-hybridized carbons (Fsp3) is 0.353. The average molecular weight is 270 g/mol. The van der Waals surface area contributed by atoms with Crippen molar-refractivity contribution in [3.8, 4) is 16.9 Å². The van der Waals surface area contributed by atoms with E-state index < -0.39 is 0 Å². The van der Waals surface area contributed by atoms with Crippen molar-refractivity contribution < 1.29 is 4.74 Å². The zero-order valence-electron chi connectivity index (χ0n) is 12.4. The van der Waals surface area contributed by atoms with Crippen molar-refractivity contribution in [3.05, 3.63) is 48.3 Å². The molecule has 0 fully saturated rings. The van der Waals surface area contributed by atoms with Crippen molar-refractivity contribution >= 4 is 0 Å². The maximum absolute atomic E-state index is 5.24. The molecule has 106 valence electrons. The SMILES string of the molecule is CCNC(CC)c1cccc(-c2cncc(OC)c2)c1. The number of ether oxygens (including phenoxy) is 1. The molecule has 3 heteroatoms. The molecule has 1 N–H and O–H groups in total. The van der Waals surface area contributed by atoms with E-state index in [1.54, 1.807) is 13.3 Å². The average Bonchev–Trinajstić information content (AvgIpc) is 2.52. The van der Waals surface area contributed by atoms with Crippen molar-refractivity contribution in [2.24, 2.45) is 0 Å². The van der Waals surface area contributed by atoms with Crippen LogP contribution in [0.15, 0.2) is 42.7 Å². The highest BCUT2D eigenvalue weighted by Gasteiger charge is 2.09. The summed E-state index contributed by atoms with van der Waals surface area (Å²) in [7, 11) is 1.66. The predicted octanol–water partition coefficient (Wildman–Crippen LogP) is 3.82. The molecule has 0 aliphatic rings. The first-order valence-electron chi connectivity index (χ1n) is 7.11. The van der Waals surface area contributed by atoms with Gasteiger partial charge in [-0.05, 0) is 36.2 Å². The summed E-state index contributed by atoms with van der Waals surface area (Å²) in [5.41, 5.74) is 3.57. The highest BCUT2D eigenvalue weighted by Crippen LogP contribution is 2.26. The fourth-order valence-electron chi connectivity index (χ4n) is 2.37. The van der Waals surface area contributed by atoms with Crippen LogP contribution >= 0.6 is 0 Å². The Morgan fingerprint density at radius 2 is 2.00 bits per heavy atom. The topological polar surface area (TPSA) is 34.2 Å². The van der Waals surface area contributed by atoms with E-state index in [9.17, 15) is 0 Å². The molecule has 3 nitrogen and oxygen atoms in total. The Morgan fingerprint density at radius 1 is 1.15 bits per heavy atom. The number of hydrogen-bond acceptors (Lipinski definition) is 3. The van der Waals surface area contributed by atoms with Crippen LogP contribution in [-0.4, -0.2) is 18.6 Å². The molecule has 0 spiro atoms. The van der Waals surface area contributed by atoms with Gasteiger partial charge in [0.25, 0.3) is 0 Å². The van der Waals surface area contributed by atoms with Crippen LogP contribution in [0.5, 0.6) is 5.75 Å². The molecule has 1 aromatic heterocycles. The van der Waals surface area contributed by atoms with Crippen molar-refractivity contribution in [1.29, 1.82) is 0 Å². The van der Waals surface area contributed by atoms with Crippen molar-refractivity contribution in [3.63, 3.8) is 0 Å². The van der Waals surface area contributed by atoms with Crippen LogP contribution in [0.25, 0.3) is 11.1 Å². The Kier molecular flexibility index (Phi) is 5.13. The Hall–Kier alpha value is -1.87. The monoisotopic (exact) mass is 270 g/mol. The Balaban J connectivity index is 2.33. The van der Waals surface area contributed by atoms with Gasteiger partial charge < -0.3 is 10.1 Å². The predicted molar refractivity (Wildman–Crippen MR) is 82.9 cm³/mol. The number of benzene rings is 1. The Morgan fingerprint density at radius 3 is 2.70 bits per heavy atom. The van der Waals surface area contributed by atoms with Gasteiger partial charge in [-0.15, -0.1) is 0 Å². The molecule has 0 aliphatic carbocycles. The summed E-state index contributed by atoms with van der Waals surface area (Å²) < 4.78 is 5.24. The Bertz CT molecular complexity index is 554. The lowest BCUT2D eigenvalue weighted by molar-refractivity contribution is 0.413. The minimum Gasteiger partial charge on any atom is -0.495 e. The molecule has 1 heterocycles. The third-order valence-corrected chi connectivity index (χ3v) is 3.43. The second-order valence-electron chi connectivity index (χ2n) is 4.76. The van der Waals surface area contributed by atoms with Crippen LogP contribution in [0.4, 0.5) is 0 Å². The molecule has 0 saturated heterocycles. The van der Waals surface area contributed by atoms with Crippen LogP contribution in [0.1, 0.15) is 31.9 Å². The van der Waals surface area contributed by atoms with Crippen LogP contribution in [0.2, 0.25) is 0 Å². The second-order valence-corrected chi connectivity index (χ2v) is 4.76. The van der Waals surface area contributed by atoms with Crippen LogP contribution in [-0.2, 0) is 0 Å². The lowest BCUT2D eigenvalue weighted by Crippen LogP contribution is -2.19. The van der Waals surface area contributed by atoms with Crippen LogP contribution in [0.3, 0.4) is 0 Å². The van der Waals surface area contributed by atoms with Gasteiger partial charge in [-0.1, -0.05) is 32.0 Å². The van der Waals surface area contributed by atoms with Gasteiger partial charge in [0.05, 0.1) is 13.3 Å². The maximum atomic E-state index is 5.24. The summed E-state index contributed by atoms with van der Waals surface area (Å²) >= 11 is 0. The fourth-order valence-corrected chi connectivity index (χ4v) is 2.37. The normalized spacial score (nSPS) is 12.2. The van der Waals surface area contributed by atoms with E-state index in [0.29, 0.717) is 6.04 Å². The first kappa shape index (κ1) is 14.5. The highest BCUT2D eigenvalue weighted by molar-refractivity contribution is 5.64. The zero-order valence-corrected chi connectivity index (χ0v) is 12.4. The van der Waals surface area contributed by atoms with Crippen LogP contribution < -0.4 is 10.1 Å². The summed E-state index contributed by atoms with van der Waals surface area (Å²) in [6.07, 6.45) is 4.67. The first-order valence-corrected chi connectivity index (χ1v) is 7.11. The van der Waals surface area contributed by atoms with Gasteiger partial charge in [0.2, 0.25) is 0 Å². The molecule has 0 saturated carbocycles. The first-order chi connectivity index (χ1) is 9.78. The van der Waals surface area contributed by atoms with E-state index in [-0.39, 0.29) is 0 Å². The van der Waals surface area contributed by atoms with Gasteiger partial charge in [0, 0.05) is 17.8 Å². The summed E-state index contributed by atoms with van der Waals surface area (Å²) in [6, 6.07) is 11.0. The van der Waals surface area contributed by atoms with Crippen molar-refractivity contribution in [2.75, 3.05) is 13.7 Å². The minimum absolute atomic E-state index is 0.401. The quantitative estimate of drug-likeness (QED) is 0.866. The number of nitrogens with one attached hydrogen (secondary N) is 1. The van der Waals surface area contributed by atoms with Gasteiger partial charge in [0.15, 0.2) is 0 Å². The molecule has 0 bridgehead atoms. The van der Waals surface area contributed by atoms with Crippen LogP contribution in [0, 0.1) is 0 Å². The summed E-state index contributed by atoms with van der Waals surface area (Å²) in [6.45, 7) is 5.31. The van der Waals surface area contributed by atoms with Gasteiger partial charge >= 0.3 is 0 Å². The molecule has 0 amide bonds. The lowest BCUT2D eigenvalue weighted by atomic mass is 9.99. The zero-order chi connectivity index (χ0) is 14.4. The standard InChI is InChI=1S/C17H22N2O/c1-4-17(19-5-2)14-8-6-7-13(9-14)15-10-16(20-3)12-18-11-15/h6-12,17,19H,4-5H2,1-3H3. The molecular weight excluding hydrogens is 248 g/mol. The summed E-state index contributed by atoms with van der Waals surface area (Å²) in [5.74, 6) is 0.784.